The normalized spacial score (nSPS) is 27.6. The third kappa shape index (κ3) is 3.28. The van der Waals surface area contributed by atoms with E-state index in [9.17, 15) is 8.42 Å². The van der Waals surface area contributed by atoms with Crippen LogP contribution in [0.2, 0.25) is 5.02 Å². The van der Waals surface area contributed by atoms with Crippen LogP contribution in [0, 0.1) is 0 Å². The molecule has 3 atom stereocenters. The minimum atomic E-state index is -3.01. The molecule has 1 aliphatic heterocycles. The number of halogens is 1. The first-order valence-electron chi connectivity index (χ1n) is 6.23. The molecule has 1 saturated heterocycles. The maximum Gasteiger partial charge on any atom is 0.153 e. The van der Waals surface area contributed by atoms with E-state index >= 15 is 0 Å². The molecule has 1 fully saturated rings. The van der Waals surface area contributed by atoms with Crippen molar-refractivity contribution >= 4 is 21.4 Å². The Morgan fingerprint density at radius 1 is 1.42 bits per heavy atom. The van der Waals surface area contributed by atoms with Crippen LogP contribution in [0.5, 0.6) is 0 Å². The Labute approximate surface area is 119 Å². The summed E-state index contributed by atoms with van der Waals surface area (Å²) in [7, 11) is -1.09. The molecule has 0 spiro atoms. The van der Waals surface area contributed by atoms with E-state index in [4.69, 9.17) is 17.3 Å². The maximum atomic E-state index is 11.6. The number of hydrogen-bond acceptors (Lipinski definition) is 4. The fourth-order valence-corrected chi connectivity index (χ4v) is 4.71. The van der Waals surface area contributed by atoms with Gasteiger partial charge in [0.05, 0.1) is 11.5 Å². The minimum Gasteiger partial charge on any atom is -0.325 e. The molecular formula is C13H19ClN2O2S. The van der Waals surface area contributed by atoms with E-state index in [-0.39, 0.29) is 29.6 Å². The minimum absolute atomic E-state index is 0.0723. The monoisotopic (exact) mass is 302 g/mol. The fraction of sp³-hybridized carbons (Fsp3) is 0.538. The van der Waals surface area contributed by atoms with Crippen LogP contribution in [0.1, 0.15) is 18.5 Å². The van der Waals surface area contributed by atoms with Crippen LogP contribution in [0.25, 0.3) is 0 Å². The summed E-state index contributed by atoms with van der Waals surface area (Å²) in [5, 5.41) is 0.682. The van der Waals surface area contributed by atoms with Crippen molar-refractivity contribution in [1.82, 2.24) is 4.90 Å². The number of hydrogen-bond donors (Lipinski definition) is 1. The van der Waals surface area contributed by atoms with Crippen molar-refractivity contribution < 1.29 is 8.42 Å². The van der Waals surface area contributed by atoms with Crippen LogP contribution in [0.15, 0.2) is 24.3 Å². The van der Waals surface area contributed by atoms with Gasteiger partial charge in [0.2, 0.25) is 0 Å². The predicted molar refractivity (Wildman–Crippen MR) is 78.0 cm³/mol. The lowest BCUT2D eigenvalue weighted by Gasteiger charge is -2.32. The molecule has 106 valence electrons. The lowest BCUT2D eigenvalue weighted by atomic mass is 10.0. The highest BCUT2D eigenvalue weighted by Crippen LogP contribution is 2.27. The van der Waals surface area contributed by atoms with Gasteiger partial charge < -0.3 is 5.73 Å². The van der Waals surface area contributed by atoms with Gasteiger partial charge in [-0.2, -0.15) is 0 Å². The molecule has 6 heteroatoms. The molecule has 19 heavy (non-hydrogen) atoms. The number of rotatable bonds is 3. The smallest absolute Gasteiger partial charge is 0.153 e. The van der Waals surface area contributed by atoms with Gasteiger partial charge in [0.15, 0.2) is 9.84 Å². The molecule has 1 aliphatic rings. The summed E-state index contributed by atoms with van der Waals surface area (Å²) in [6.45, 7) is 2.03. The van der Waals surface area contributed by atoms with E-state index in [0.717, 1.165) is 5.56 Å². The van der Waals surface area contributed by atoms with Crippen molar-refractivity contribution in [3.63, 3.8) is 0 Å². The SMILES string of the molecule is CC(c1cccc(Cl)c1)N(C)C1CS(=O)(=O)CC1N. The summed E-state index contributed by atoms with van der Waals surface area (Å²) in [5.41, 5.74) is 7.02. The maximum absolute atomic E-state index is 11.6. The number of nitrogens with zero attached hydrogens (tertiary/aromatic N) is 1. The second-order valence-corrected chi connectivity index (χ2v) is 7.79. The third-order valence-corrected chi connectivity index (χ3v) is 5.81. The van der Waals surface area contributed by atoms with Crippen LogP contribution < -0.4 is 5.73 Å². The van der Waals surface area contributed by atoms with Crippen molar-refractivity contribution in [3.05, 3.63) is 34.9 Å². The topological polar surface area (TPSA) is 63.4 Å². The van der Waals surface area contributed by atoms with Crippen LogP contribution in [0.4, 0.5) is 0 Å². The summed E-state index contributed by atoms with van der Waals surface area (Å²) in [6.07, 6.45) is 0. The van der Waals surface area contributed by atoms with Gasteiger partial charge in [0.25, 0.3) is 0 Å². The molecular weight excluding hydrogens is 284 g/mol. The van der Waals surface area contributed by atoms with Crippen molar-refractivity contribution in [2.75, 3.05) is 18.6 Å². The Hall–Kier alpha value is -0.620. The molecule has 0 bridgehead atoms. The Morgan fingerprint density at radius 2 is 2.11 bits per heavy atom. The summed E-state index contributed by atoms with van der Waals surface area (Å²) >= 11 is 5.99. The van der Waals surface area contributed by atoms with Crippen molar-refractivity contribution in [3.8, 4) is 0 Å². The Balaban J connectivity index is 2.18. The van der Waals surface area contributed by atoms with E-state index < -0.39 is 9.84 Å². The van der Waals surface area contributed by atoms with Gasteiger partial charge in [0, 0.05) is 23.1 Å². The zero-order valence-electron chi connectivity index (χ0n) is 11.1. The van der Waals surface area contributed by atoms with Gasteiger partial charge in [-0.25, -0.2) is 8.42 Å². The number of benzene rings is 1. The first kappa shape index (κ1) is 14.8. The molecule has 2 rings (SSSR count). The average Bonchev–Trinajstić information content (AvgIpc) is 2.61. The molecule has 1 heterocycles. The molecule has 0 aliphatic carbocycles. The van der Waals surface area contributed by atoms with E-state index in [1.807, 2.05) is 43.1 Å². The van der Waals surface area contributed by atoms with Crippen molar-refractivity contribution in [2.24, 2.45) is 5.73 Å². The molecule has 0 amide bonds. The summed E-state index contributed by atoms with van der Waals surface area (Å²) < 4.78 is 23.3. The highest BCUT2D eigenvalue weighted by molar-refractivity contribution is 7.91. The molecule has 4 nitrogen and oxygen atoms in total. The molecule has 0 aromatic heterocycles. The third-order valence-electron chi connectivity index (χ3n) is 3.83. The quantitative estimate of drug-likeness (QED) is 0.918. The van der Waals surface area contributed by atoms with E-state index in [1.165, 1.54) is 0 Å². The molecule has 2 N–H and O–H groups in total. The Bertz CT molecular complexity index is 562. The molecule has 1 aromatic carbocycles. The first-order valence-corrected chi connectivity index (χ1v) is 8.43. The van der Waals surface area contributed by atoms with Crippen LogP contribution in [-0.4, -0.2) is 44.0 Å². The number of likely N-dealkylation sites (N-methyl/N-ethyl adjacent to an activating group) is 1. The zero-order chi connectivity index (χ0) is 14.2. The Morgan fingerprint density at radius 3 is 2.63 bits per heavy atom. The zero-order valence-corrected chi connectivity index (χ0v) is 12.7. The van der Waals surface area contributed by atoms with Crippen LogP contribution in [0.3, 0.4) is 0 Å². The van der Waals surface area contributed by atoms with E-state index in [1.54, 1.807) is 0 Å². The van der Waals surface area contributed by atoms with Gasteiger partial charge in [0.1, 0.15) is 0 Å². The lowest BCUT2D eigenvalue weighted by molar-refractivity contribution is 0.187. The number of sulfone groups is 1. The van der Waals surface area contributed by atoms with Crippen molar-refractivity contribution in [1.29, 1.82) is 0 Å². The highest BCUT2D eigenvalue weighted by atomic mass is 35.5. The first-order chi connectivity index (χ1) is 8.80. The second-order valence-electron chi connectivity index (χ2n) is 5.20. The van der Waals surface area contributed by atoms with Gasteiger partial charge in [-0.3, -0.25) is 4.90 Å². The fourth-order valence-electron chi connectivity index (χ4n) is 2.56. The summed E-state index contributed by atoms with van der Waals surface area (Å²) in [6, 6.07) is 7.22. The molecule has 0 saturated carbocycles. The second kappa shape index (κ2) is 5.40. The van der Waals surface area contributed by atoms with Gasteiger partial charge >= 0.3 is 0 Å². The van der Waals surface area contributed by atoms with E-state index in [2.05, 4.69) is 0 Å². The van der Waals surface area contributed by atoms with Crippen molar-refractivity contribution in [2.45, 2.75) is 25.0 Å². The van der Waals surface area contributed by atoms with Gasteiger partial charge in [-0.1, -0.05) is 23.7 Å². The predicted octanol–water partition coefficient (Wildman–Crippen LogP) is 1.46. The summed E-state index contributed by atoms with van der Waals surface area (Å²) in [4.78, 5) is 2.03. The summed E-state index contributed by atoms with van der Waals surface area (Å²) in [5.74, 6) is 0.208. The Kier molecular flexibility index (Phi) is 4.20. The van der Waals surface area contributed by atoms with Gasteiger partial charge in [-0.05, 0) is 31.7 Å². The average molecular weight is 303 g/mol. The standard InChI is InChI=1S/C13H19ClN2O2S/c1-9(10-4-3-5-11(14)6-10)16(2)13-8-19(17,18)7-12(13)15/h3-6,9,12-13H,7-8,15H2,1-2H3. The lowest BCUT2D eigenvalue weighted by Crippen LogP contribution is -2.46. The number of nitrogens with two attached hydrogens (primary N) is 1. The van der Waals surface area contributed by atoms with E-state index in [0.29, 0.717) is 5.02 Å². The largest absolute Gasteiger partial charge is 0.325 e. The van der Waals surface area contributed by atoms with Gasteiger partial charge in [-0.15, -0.1) is 0 Å². The molecule has 1 aromatic rings. The van der Waals surface area contributed by atoms with Crippen LogP contribution in [-0.2, 0) is 9.84 Å². The van der Waals surface area contributed by atoms with Crippen LogP contribution >= 0.6 is 11.6 Å². The molecule has 3 unspecified atom stereocenters. The highest BCUT2D eigenvalue weighted by Gasteiger charge is 2.39. The molecule has 0 radical (unpaired) electrons.